The topological polar surface area (TPSA) is 21.6 Å². The zero-order valence-electron chi connectivity index (χ0n) is 6.53. The van der Waals surface area contributed by atoms with Crippen molar-refractivity contribution in [3.63, 3.8) is 0 Å². The van der Waals surface area contributed by atoms with Crippen LogP contribution in [0, 0.1) is 0 Å². The number of rotatable bonds is 1. The quantitative estimate of drug-likeness (QED) is 0.556. The van der Waals surface area contributed by atoms with Crippen molar-refractivity contribution >= 4 is 6.40 Å². The standard InChI is InChI=1S/C9H11NO/c1-2-7-3-4-8-9(5-7)11-6-10-8/h3-6,8-9H,2H2,1H3. The minimum Gasteiger partial charge on any atom is -0.474 e. The highest BCUT2D eigenvalue weighted by Crippen LogP contribution is 2.21. The lowest BCUT2D eigenvalue weighted by molar-refractivity contribution is 0.263. The van der Waals surface area contributed by atoms with E-state index in [1.807, 2.05) is 0 Å². The molecule has 2 atom stereocenters. The van der Waals surface area contributed by atoms with E-state index in [2.05, 4.69) is 30.1 Å². The first-order valence-corrected chi connectivity index (χ1v) is 3.96. The smallest absolute Gasteiger partial charge is 0.171 e. The molecule has 2 heteroatoms. The molecule has 0 N–H and O–H groups in total. The summed E-state index contributed by atoms with van der Waals surface area (Å²) in [5, 5.41) is 0. The summed E-state index contributed by atoms with van der Waals surface area (Å²) >= 11 is 0. The van der Waals surface area contributed by atoms with Crippen LogP contribution in [0.1, 0.15) is 13.3 Å². The molecule has 0 saturated heterocycles. The summed E-state index contributed by atoms with van der Waals surface area (Å²) in [5.74, 6) is 0. The van der Waals surface area contributed by atoms with Crippen LogP contribution in [0.25, 0.3) is 0 Å². The molecule has 0 aromatic heterocycles. The third-order valence-electron chi connectivity index (χ3n) is 2.08. The van der Waals surface area contributed by atoms with Gasteiger partial charge < -0.3 is 4.74 Å². The van der Waals surface area contributed by atoms with Crippen molar-refractivity contribution in [1.29, 1.82) is 0 Å². The van der Waals surface area contributed by atoms with E-state index in [9.17, 15) is 0 Å². The van der Waals surface area contributed by atoms with Crippen molar-refractivity contribution in [3.05, 3.63) is 23.8 Å². The second-order valence-corrected chi connectivity index (χ2v) is 2.80. The van der Waals surface area contributed by atoms with Crippen LogP contribution in [0.2, 0.25) is 0 Å². The van der Waals surface area contributed by atoms with Crippen LogP contribution in [0.15, 0.2) is 28.8 Å². The fraction of sp³-hybridized carbons (Fsp3) is 0.444. The van der Waals surface area contributed by atoms with Crippen LogP contribution in [0.5, 0.6) is 0 Å². The molecule has 1 aliphatic carbocycles. The number of aliphatic imine (C=N–C) groups is 1. The van der Waals surface area contributed by atoms with Gasteiger partial charge in [-0.05, 0) is 18.1 Å². The summed E-state index contributed by atoms with van der Waals surface area (Å²) in [6.07, 6.45) is 9.19. The van der Waals surface area contributed by atoms with Crippen LogP contribution in [-0.2, 0) is 4.74 Å². The molecule has 11 heavy (non-hydrogen) atoms. The van der Waals surface area contributed by atoms with E-state index in [4.69, 9.17) is 4.74 Å². The van der Waals surface area contributed by atoms with Gasteiger partial charge in [-0.15, -0.1) is 0 Å². The first kappa shape index (κ1) is 6.65. The minimum atomic E-state index is 0.176. The first-order valence-electron chi connectivity index (χ1n) is 3.96. The van der Waals surface area contributed by atoms with Crippen LogP contribution < -0.4 is 0 Å². The molecule has 1 aliphatic heterocycles. The highest BCUT2D eigenvalue weighted by Gasteiger charge is 2.23. The molecular weight excluding hydrogens is 138 g/mol. The average Bonchev–Trinajstić information content (AvgIpc) is 2.50. The van der Waals surface area contributed by atoms with Gasteiger partial charge in [0.25, 0.3) is 0 Å². The van der Waals surface area contributed by atoms with E-state index in [1.165, 1.54) is 5.57 Å². The Kier molecular flexibility index (Phi) is 1.53. The summed E-state index contributed by atoms with van der Waals surface area (Å²) in [6, 6.07) is 0.241. The van der Waals surface area contributed by atoms with Gasteiger partial charge in [0.1, 0.15) is 12.1 Å². The lowest BCUT2D eigenvalue weighted by Crippen LogP contribution is -2.20. The largest absolute Gasteiger partial charge is 0.474 e. The SMILES string of the molecule is CCC1=CC2OC=NC2C=C1. The van der Waals surface area contributed by atoms with Gasteiger partial charge >= 0.3 is 0 Å². The Morgan fingerprint density at radius 2 is 2.55 bits per heavy atom. The number of hydrogen-bond acceptors (Lipinski definition) is 2. The molecule has 0 aromatic rings. The van der Waals surface area contributed by atoms with E-state index in [0.29, 0.717) is 0 Å². The van der Waals surface area contributed by atoms with Gasteiger partial charge in [0, 0.05) is 0 Å². The van der Waals surface area contributed by atoms with E-state index >= 15 is 0 Å². The van der Waals surface area contributed by atoms with Gasteiger partial charge in [-0.25, -0.2) is 4.99 Å². The van der Waals surface area contributed by atoms with Crippen molar-refractivity contribution in [2.75, 3.05) is 0 Å². The van der Waals surface area contributed by atoms with Gasteiger partial charge in [0.15, 0.2) is 6.40 Å². The molecule has 0 spiro atoms. The van der Waals surface area contributed by atoms with E-state index in [-0.39, 0.29) is 12.1 Å². The van der Waals surface area contributed by atoms with Crippen LogP contribution in [-0.4, -0.2) is 18.5 Å². The highest BCUT2D eigenvalue weighted by atomic mass is 16.5. The fourth-order valence-corrected chi connectivity index (χ4v) is 1.36. The van der Waals surface area contributed by atoms with Gasteiger partial charge in [-0.2, -0.15) is 0 Å². The molecule has 0 fully saturated rings. The number of nitrogens with zero attached hydrogens (tertiary/aromatic N) is 1. The summed E-state index contributed by atoms with van der Waals surface area (Å²) in [6.45, 7) is 2.15. The van der Waals surface area contributed by atoms with Crippen LogP contribution >= 0.6 is 0 Å². The predicted octanol–water partition coefficient (Wildman–Crippen LogP) is 1.69. The molecule has 2 unspecified atom stereocenters. The van der Waals surface area contributed by atoms with Crippen molar-refractivity contribution in [2.24, 2.45) is 4.99 Å². The van der Waals surface area contributed by atoms with Crippen molar-refractivity contribution in [2.45, 2.75) is 25.5 Å². The van der Waals surface area contributed by atoms with Gasteiger partial charge in [0.2, 0.25) is 0 Å². The van der Waals surface area contributed by atoms with Crippen LogP contribution in [0.3, 0.4) is 0 Å². The molecule has 0 radical (unpaired) electrons. The molecule has 0 amide bonds. The molecule has 2 rings (SSSR count). The Hall–Kier alpha value is -1.05. The van der Waals surface area contributed by atoms with Crippen molar-refractivity contribution in [1.82, 2.24) is 0 Å². The second-order valence-electron chi connectivity index (χ2n) is 2.80. The molecule has 0 aromatic carbocycles. The lowest BCUT2D eigenvalue weighted by atomic mass is 10.00. The summed E-state index contributed by atoms with van der Waals surface area (Å²) in [5.41, 5.74) is 1.34. The normalized spacial score (nSPS) is 33.0. The third-order valence-corrected chi connectivity index (χ3v) is 2.08. The zero-order chi connectivity index (χ0) is 7.68. The Balaban J connectivity index is 2.18. The van der Waals surface area contributed by atoms with Gasteiger partial charge in [-0.1, -0.05) is 19.1 Å². The first-order chi connectivity index (χ1) is 5.40. The summed E-state index contributed by atoms with van der Waals surface area (Å²) < 4.78 is 5.27. The monoisotopic (exact) mass is 149 g/mol. The Morgan fingerprint density at radius 3 is 3.36 bits per heavy atom. The number of hydrogen-bond donors (Lipinski definition) is 0. The summed E-state index contributed by atoms with van der Waals surface area (Å²) in [4.78, 5) is 4.15. The molecule has 2 nitrogen and oxygen atoms in total. The number of ether oxygens (including phenoxy) is 1. The maximum absolute atomic E-state index is 5.27. The third kappa shape index (κ3) is 1.09. The molecule has 0 saturated carbocycles. The number of fused-ring (bicyclic) bond motifs is 1. The molecular formula is C9H11NO. The molecule has 0 bridgehead atoms. The van der Waals surface area contributed by atoms with E-state index in [0.717, 1.165) is 6.42 Å². The minimum absolute atomic E-state index is 0.176. The van der Waals surface area contributed by atoms with Crippen molar-refractivity contribution < 1.29 is 4.74 Å². The van der Waals surface area contributed by atoms with E-state index < -0.39 is 0 Å². The predicted molar refractivity (Wildman–Crippen MR) is 44.7 cm³/mol. The maximum atomic E-state index is 5.27. The Bertz CT molecular complexity index is 240. The fourth-order valence-electron chi connectivity index (χ4n) is 1.36. The Morgan fingerprint density at radius 1 is 1.64 bits per heavy atom. The van der Waals surface area contributed by atoms with Gasteiger partial charge in [0.05, 0.1) is 0 Å². The molecule has 58 valence electrons. The second kappa shape index (κ2) is 2.53. The van der Waals surface area contributed by atoms with E-state index in [1.54, 1.807) is 6.40 Å². The maximum Gasteiger partial charge on any atom is 0.171 e. The average molecular weight is 149 g/mol. The lowest BCUT2D eigenvalue weighted by Gasteiger charge is -2.15. The van der Waals surface area contributed by atoms with Gasteiger partial charge in [-0.3, -0.25) is 0 Å². The van der Waals surface area contributed by atoms with Crippen molar-refractivity contribution in [3.8, 4) is 0 Å². The zero-order valence-corrected chi connectivity index (χ0v) is 6.53. The highest BCUT2D eigenvalue weighted by molar-refractivity contribution is 5.53. The number of allylic oxidation sites excluding steroid dienone is 2. The Labute approximate surface area is 66.3 Å². The summed E-state index contributed by atoms with van der Waals surface area (Å²) in [7, 11) is 0. The molecule has 1 heterocycles. The molecule has 2 aliphatic rings. The van der Waals surface area contributed by atoms with Crippen LogP contribution in [0.4, 0.5) is 0 Å².